The fraction of sp³-hybridized carbons (Fsp3) is 0. The summed E-state index contributed by atoms with van der Waals surface area (Å²) < 4.78 is 0. The molecule has 0 atom stereocenters. The summed E-state index contributed by atoms with van der Waals surface area (Å²) in [6, 6.07) is 60.0. The van der Waals surface area contributed by atoms with Crippen molar-refractivity contribution >= 4 is 53.9 Å². The van der Waals surface area contributed by atoms with Gasteiger partial charge < -0.3 is 0 Å². The summed E-state index contributed by atoms with van der Waals surface area (Å²) in [5.41, 5.74) is 6.08. The smallest absolute Gasteiger partial charge is 0.159 e. The molecule has 0 unspecified atom stereocenters. The molecule has 54 heavy (non-hydrogen) atoms. The fourth-order valence-electron chi connectivity index (χ4n) is 7.65. The molecule has 0 aliphatic rings. The molecule has 2 heterocycles. The maximum absolute atomic E-state index is 4.76. The molecule has 0 radical (unpaired) electrons. The summed E-state index contributed by atoms with van der Waals surface area (Å²) in [5, 5.41) is 11.7. The van der Waals surface area contributed by atoms with E-state index >= 15 is 0 Å². The predicted octanol–water partition coefficient (Wildman–Crippen LogP) is 12.8. The molecule has 4 nitrogen and oxygen atoms in total. The summed E-state index contributed by atoms with van der Waals surface area (Å²) in [6.07, 6.45) is 7.72. The van der Waals surface area contributed by atoms with Gasteiger partial charge in [-0.3, -0.25) is 0 Å². The molecular weight excluding hydrogens is 657 g/mol. The third-order valence-corrected chi connectivity index (χ3v) is 10.3. The molecule has 0 saturated heterocycles. The third kappa shape index (κ3) is 5.58. The van der Waals surface area contributed by atoms with E-state index in [1.807, 2.05) is 85.5 Å². The van der Waals surface area contributed by atoms with Gasteiger partial charge in [-0.05, 0) is 77.1 Å². The first kappa shape index (κ1) is 31.4. The van der Waals surface area contributed by atoms with Crippen molar-refractivity contribution in [2.24, 2.45) is 0 Å². The Kier molecular flexibility index (Phi) is 7.77. The van der Waals surface area contributed by atoms with E-state index in [0.29, 0.717) is 11.6 Å². The Bertz CT molecular complexity index is 2800. The second-order valence-corrected chi connectivity index (χ2v) is 13.5. The highest BCUT2D eigenvalue weighted by Gasteiger charge is 2.12. The largest absolute Gasteiger partial charge is 0.236 e. The quantitative estimate of drug-likeness (QED) is 0.185. The zero-order valence-corrected chi connectivity index (χ0v) is 29.3. The van der Waals surface area contributed by atoms with E-state index in [-0.39, 0.29) is 0 Å². The average molecular weight is 689 g/mol. The summed E-state index contributed by atoms with van der Waals surface area (Å²) in [5.74, 6) is 1.43. The summed E-state index contributed by atoms with van der Waals surface area (Å²) in [7, 11) is 0. The Hall–Kier alpha value is -7.30. The second-order valence-electron chi connectivity index (χ2n) is 13.5. The molecule has 252 valence electrons. The highest BCUT2D eigenvalue weighted by atomic mass is 14.9. The van der Waals surface area contributed by atoms with Crippen LogP contribution in [0, 0.1) is 0 Å². The lowest BCUT2D eigenvalue weighted by atomic mass is 9.92. The average Bonchev–Trinajstić information content (AvgIpc) is 3.26. The van der Waals surface area contributed by atoms with E-state index in [1.54, 1.807) is 0 Å². The van der Waals surface area contributed by atoms with Crippen molar-refractivity contribution in [1.29, 1.82) is 0 Å². The van der Waals surface area contributed by atoms with E-state index in [4.69, 9.17) is 19.9 Å². The van der Waals surface area contributed by atoms with Crippen LogP contribution in [0.3, 0.4) is 0 Å². The molecule has 0 bridgehead atoms. The maximum Gasteiger partial charge on any atom is 0.159 e. The van der Waals surface area contributed by atoms with Crippen molar-refractivity contribution in [3.8, 4) is 45.0 Å². The third-order valence-electron chi connectivity index (χ3n) is 10.3. The Labute approximate surface area is 312 Å². The number of nitrogens with zero attached hydrogens (tertiary/aromatic N) is 4. The Morgan fingerprint density at radius 3 is 0.815 bits per heavy atom. The zero-order valence-electron chi connectivity index (χ0n) is 29.3. The van der Waals surface area contributed by atoms with Crippen molar-refractivity contribution in [3.63, 3.8) is 0 Å². The summed E-state index contributed by atoms with van der Waals surface area (Å²) >= 11 is 0. The van der Waals surface area contributed by atoms with Crippen molar-refractivity contribution in [3.05, 3.63) is 195 Å². The van der Waals surface area contributed by atoms with Crippen LogP contribution in [0.25, 0.3) is 98.9 Å². The Morgan fingerprint density at radius 2 is 0.481 bits per heavy atom. The van der Waals surface area contributed by atoms with E-state index in [0.717, 1.165) is 44.2 Å². The van der Waals surface area contributed by atoms with Crippen LogP contribution in [-0.2, 0) is 0 Å². The highest BCUT2D eigenvalue weighted by Crippen LogP contribution is 2.38. The van der Waals surface area contributed by atoms with Crippen LogP contribution < -0.4 is 0 Å². The lowest BCUT2D eigenvalue weighted by molar-refractivity contribution is 1.18. The standard InChI is InChI=1S/C50H32N4/c1-3-13-33(14-4-1)49-51-29-37(30-52-49)35-23-25-45-41-19-7-8-20-42(41)46-26-24-36(38-31-53-50(54-32-38)34-15-5-2-6-16-34)28-48(46)44-22-12-10-18-40(44)39-17-9-11-21-43(39)47(45)27-35/h1-32H. The van der Waals surface area contributed by atoms with Crippen LogP contribution in [0.1, 0.15) is 0 Å². The molecule has 0 spiro atoms. The Morgan fingerprint density at radius 1 is 0.204 bits per heavy atom. The first-order valence-electron chi connectivity index (χ1n) is 18.1. The maximum atomic E-state index is 4.76. The summed E-state index contributed by atoms with van der Waals surface area (Å²) in [6.45, 7) is 0. The number of hydrogen-bond donors (Lipinski definition) is 0. The molecule has 0 amide bonds. The van der Waals surface area contributed by atoms with Crippen LogP contribution in [-0.4, -0.2) is 19.9 Å². The van der Waals surface area contributed by atoms with Gasteiger partial charge in [0.05, 0.1) is 0 Å². The highest BCUT2D eigenvalue weighted by molar-refractivity contribution is 6.26. The van der Waals surface area contributed by atoms with Crippen molar-refractivity contribution < 1.29 is 0 Å². The minimum Gasteiger partial charge on any atom is -0.236 e. The van der Waals surface area contributed by atoms with Gasteiger partial charge in [0, 0.05) is 47.0 Å². The van der Waals surface area contributed by atoms with Gasteiger partial charge >= 0.3 is 0 Å². The molecule has 0 saturated carbocycles. The van der Waals surface area contributed by atoms with Gasteiger partial charge in [-0.2, -0.15) is 0 Å². The number of fused-ring (bicyclic) bond motifs is 10. The normalized spacial score (nSPS) is 11.3. The fourth-order valence-corrected chi connectivity index (χ4v) is 7.65. The molecule has 0 aliphatic heterocycles. The van der Waals surface area contributed by atoms with Gasteiger partial charge in [0.2, 0.25) is 0 Å². The first-order valence-corrected chi connectivity index (χ1v) is 18.1. The molecule has 0 aliphatic carbocycles. The van der Waals surface area contributed by atoms with E-state index in [1.165, 1.54) is 43.1 Å². The second kappa shape index (κ2) is 13.4. The zero-order chi connectivity index (χ0) is 35.8. The van der Waals surface area contributed by atoms with Crippen LogP contribution in [0.2, 0.25) is 0 Å². The topological polar surface area (TPSA) is 51.6 Å². The molecule has 10 aromatic rings. The van der Waals surface area contributed by atoms with Crippen molar-refractivity contribution in [2.75, 3.05) is 0 Å². The van der Waals surface area contributed by atoms with Gasteiger partial charge in [0.1, 0.15) is 0 Å². The monoisotopic (exact) mass is 688 g/mol. The van der Waals surface area contributed by atoms with Gasteiger partial charge in [-0.15, -0.1) is 0 Å². The lowest BCUT2D eigenvalue weighted by Crippen LogP contribution is -1.90. The lowest BCUT2D eigenvalue weighted by Gasteiger charge is -2.12. The summed E-state index contributed by atoms with van der Waals surface area (Å²) in [4.78, 5) is 19.0. The van der Waals surface area contributed by atoms with Crippen molar-refractivity contribution in [1.82, 2.24) is 19.9 Å². The van der Waals surface area contributed by atoms with Crippen LogP contribution in [0.4, 0.5) is 0 Å². The number of hydrogen-bond acceptors (Lipinski definition) is 4. The number of rotatable bonds is 4. The molecule has 0 fully saturated rings. The molecule has 2 aromatic heterocycles. The molecule has 0 N–H and O–H groups in total. The predicted molar refractivity (Wildman–Crippen MR) is 225 cm³/mol. The SMILES string of the molecule is c1ccc(-c2ncc(-c3ccc4c5ccccc5c5ccc(-c6cnc(-c7ccccc7)nc6)cc5c5ccccc5c5ccccc5c4c3)cn2)cc1. The Balaban J connectivity index is 1.25. The van der Waals surface area contributed by atoms with E-state index < -0.39 is 0 Å². The van der Waals surface area contributed by atoms with Gasteiger partial charge in [-0.1, -0.05) is 158 Å². The van der Waals surface area contributed by atoms with E-state index in [2.05, 4.69) is 109 Å². The van der Waals surface area contributed by atoms with E-state index in [9.17, 15) is 0 Å². The van der Waals surface area contributed by atoms with Crippen LogP contribution >= 0.6 is 0 Å². The molecular formula is C50H32N4. The van der Waals surface area contributed by atoms with Crippen LogP contribution in [0.5, 0.6) is 0 Å². The van der Waals surface area contributed by atoms with Gasteiger partial charge in [-0.25, -0.2) is 19.9 Å². The minimum atomic E-state index is 0.716. The number of benzene rings is 7. The van der Waals surface area contributed by atoms with Gasteiger partial charge in [0.25, 0.3) is 0 Å². The van der Waals surface area contributed by atoms with Gasteiger partial charge in [0.15, 0.2) is 11.6 Å². The number of aromatic nitrogens is 4. The molecule has 10 rings (SSSR count). The molecule has 4 heteroatoms. The van der Waals surface area contributed by atoms with Crippen molar-refractivity contribution in [2.45, 2.75) is 0 Å². The van der Waals surface area contributed by atoms with Crippen LogP contribution in [0.15, 0.2) is 195 Å². The first-order chi connectivity index (χ1) is 26.8. The molecule has 8 aromatic carbocycles. The minimum absolute atomic E-state index is 0.716.